The summed E-state index contributed by atoms with van der Waals surface area (Å²) in [6, 6.07) is 10.6. The van der Waals surface area contributed by atoms with Gasteiger partial charge in [-0.25, -0.2) is 0 Å². The van der Waals surface area contributed by atoms with Gasteiger partial charge in [-0.1, -0.05) is 23.7 Å². The van der Waals surface area contributed by atoms with Crippen molar-refractivity contribution in [1.29, 1.82) is 0 Å². The van der Waals surface area contributed by atoms with Crippen LogP contribution < -0.4 is 10.2 Å². The van der Waals surface area contributed by atoms with Crippen LogP contribution in [0.15, 0.2) is 46.2 Å². The molecule has 0 saturated carbocycles. The summed E-state index contributed by atoms with van der Waals surface area (Å²) in [7, 11) is 1.63. The van der Waals surface area contributed by atoms with Crippen LogP contribution in [0.3, 0.4) is 0 Å². The molecule has 0 saturated heterocycles. The number of benzene rings is 1. The standard InChI is InChI=1S/C19H21ClN4O3S/c1-13(18(25)21-15-6-3-5-14(20)11-15)24(8-9-26-2)12-17-22-23-19(27-17)16-7-4-10-28-16/h3-7,10-11,13H,8-9,12H2,1-2H3,(H,21,25)/p+1/t13-/m1/s1. The van der Waals surface area contributed by atoms with Crippen molar-refractivity contribution in [3.8, 4) is 10.8 Å². The van der Waals surface area contributed by atoms with Gasteiger partial charge in [-0.05, 0) is 36.6 Å². The fourth-order valence-corrected chi connectivity index (χ4v) is 3.55. The Morgan fingerprint density at radius 3 is 2.93 bits per heavy atom. The SMILES string of the molecule is COCC[NH+](Cc1nnc(-c2cccs2)o1)[C@H](C)C(=O)Nc1cccc(Cl)c1. The Labute approximate surface area is 172 Å². The molecular weight excluding hydrogens is 400 g/mol. The van der Waals surface area contributed by atoms with Crippen LogP contribution in [-0.4, -0.2) is 42.4 Å². The number of carbonyl (C=O) groups excluding carboxylic acids is 1. The number of nitrogens with one attached hydrogen (secondary N) is 2. The highest BCUT2D eigenvalue weighted by atomic mass is 35.5. The Balaban J connectivity index is 1.69. The highest BCUT2D eigenvalue weighted by Gasteiger charge is 2.27. The number of nitrogens with zero attached hydrogens (tertiary/aromatic N) is 2. The summed E-state index contributed by atoms with van der Waals surface area (Å²) in [6.07, 6.45) is 0. The minimum absolute atomic E-state index is 0.119. The number of anilines is 1. The molecule has 2 heterocycles. The second-order valence-electron chi connectivity index (χ2n) is 6.28. The number of rotatable bonds is 9. The van der Waals surface area contributed by atoms with E-state index in [1.165, 1.54) is 11.3 Å². The Bertz CT molecular complexity index is 900. The smallest absolute Gasteiger partial charge is 0.282 e. The van der Waals surface area contributed by atoms with Gasteiger partial charge in [-0.2, -0.15) is 0 Å². The van der Waals surface area contributed by atoms with Gasteiger partial charge < -0.3 is 19.4 Å². The molecule has 7 nitrogen and oxygen atoms in total. The molecule has 0 bridgehead atoms. The number of amides is 1. The predicted molar refractivity (Wildman–Crippen MR) is 109 cm³/mol. The molecule has 0 aliphatic heterocycles. The first-order chi connectivity index (χ1) is 13.6. The Hall–Kier alpha value is -2.26. The molecule has 0 aliphatic rings. The topological polar surface area (TPSA) is 81.7 Å². The summed E-state index contributed by atoms with van der Waals surface area (Å²) in [5, 5.41) is 13.7. The minimum atomic E-state index is -0.355. The van der Waals surface area contributed by atoms with E-state index < -0.39 is 0 Å². The van der Waals surface area contributed by atoms with E-state index in [-0.39, 0.29) is 11.9 Å². The normalized spacial score (nSPS) is 13.2. The van der Waals surface area contributed by atoms with E-state index in [1.807, 2.05) is 24.4 Å². The van der Waals surface area contributed by atoms with Crippen LogP contribution in [0.5, 0.6) is 0 Å². The van der Waals surface area contributed by atoms with E-state index in [0.29, 0.717) is 42.2 Å². The van der Waals surface area contributed by atoms with E-state index in [4.69, 9.17) is 20.8 Å². The van der Waals surface area contributed by atoms with E-state index in [2.05, 4.69) is 15.5 Å². The minimum Gasteiger partial charge on any atom is -0.414 e. The molecular formula is C19H22ClN4O3S+. The summed E-state index contributed by atoms with van der Waals surface area (Å²) in [5.41, 5.74) is 0.660. The molecule has 0 aliphatic carbocycles. The average molecular weight is 422 g/mol. The highest BCUT2D eigenvalue weighted by molar-refractivity contribution is 7.13. The maximum absolute atomic E-state index is 12.7. The average Bonchev–Trinajstić information content (AvgIpc) is 3.36. The summed E-state index contributed by atoms with van der Waals surface area (Å²) in [6.45, 7) is 3.42. The van der Waals surface area contributed by atoms with Crippen molar-refractivity contribution in [2.75, 3.05) is 25.6 Å². The number of thiophene rings is 1. The van der Waals surface area contributed by atoms with Gasteiger partial charge in [-0.15, -0.1) is 21.5 Å². The number of quaternary nitrogens is 1. The largest absolute Gasteiger partial charge is 0.414 e. The van der Waals surface area contributed by atoms with Crippen molar-refractivity contribution in [3.63, 3.8) is 0 Å². The monoisotopic (exact) mass is 421 g/mol. The molecule has 3 rings (SSSR count). The maximum Gasteiger partial charge on any atom is 0.282 e. The second-order valence-corrected chi connectivity index (χ2v) is 7.66. The first kappa shape index (κ1) is 20.5. The van der Waals surface area contributed by atoms with Crippen LogP contribution in [0.1, 0.15) is 12.8 Å². The zero-order valence-electron chi connectivity index (χ0n) is 15.6. The quantitative estimate of drug-likeness (QED) is 0.554. The first-order valence-electron chi connectivity index (χ1n) is 8.83. The van der Waals surface area contributed by atoms with Gasteiger partial charge in [0.1, 0.15) is 6.54 Å². The molecule has 2 atom stereocenters. The zero-order valence-corrected chi connectivity index (χ0v) is 17.2. The van der Waals surface area contributed by atoms with Crippen LogP contribution in [-0.2, 0) is 16.1 Å². The van der Waals surface area contributed by atoms with Gasteiger partial charge in [0.25, 0.3) is 17.7 Å². The molecule has 9 heteroatoms. The van der Waals surface area contributed by atoms with E-state index >= 15 is 0 Å². The Morgan fingerprint density at radius 2 is 2.21 bits per heavy atom. The third-order valence-electron chi connectivity index (χ3n) is 4.30. The predicted octanol–water partition coefficient (Wildman–Crippen LogP) is 2.51. The summed E-state index contributed by atoms with van der Waals surface area (Å²) in [4.78, 5) is 14.6. The molecule has 1 aromatic carbocycles. The number of methoxy groups -OCH3 is 1. The molecule has 28 heavy (non-hydrogen) atoms. The van der Waals surface area contributed by atoms with Gasteiger partial charge in [-0.3, -0.25) is 4.79 Å². The molecule has 0 spiro atoms. The van der Waals surface area contributed by atoms with Crippen LogP contribution in [0.2, 0.25) is 5.02 Å². The lowest BCUT2D eigenvalue weighted by Crippen LogP contribution is -3.15. The highest BCUT2D eigenvalue weighted by Crippen LogP contribution is 2.22. The molecule has 1 amide bonds. The number of halogens is 1. The summed E-state index contributed by atoms with van der Waals surface area (Å²) in [5.74, 6) is 0.857. The first-order valence-corrected chi connectivity index (χ1v) is 10.1. The molecule has 0 radical (unpaired) electrons. The fraction of sp³-hybridized carbons (Fsp3) is 0.316. The lowest BCUT2D eigenvalue weighted by Gasteiger charge is -2.23. The summed E-state index contributed by atoms with van der Waals surface area (Å²) >= 11 is 7.53. The molecule has 3 aromatic rings. The lowest BCUT2D eigenvalue weighted by molar-refractivity contribution is -0.929. The van der Waals surface area contributed by atoms with Crippen molar-refractivity contribution < 1.29 is 18.8 Å². The maximum atomic E-state index is 12.7. The molecule has 1 unspecified atom stereocenters. The van der Waals surface area contributed by atoms with Crippen molar-refractivity contribution in [2.45, 2.75) is 19.5 Å². The fourth-order valence-electron chi connectivity index (χ4n) is 2.71. The third kappa shape index (κ3) is 5.39. The van der Waals surface area contributed by atoms with Crippen molar-refractivity contribution >= 4 is 34.5 Å². The number of carbonyl (C=O) groups is 1. The van der Waals surface area contributed by atoms with Crippen molar-refractivity contribution in [3.05, 3.63) is 52.7 Å². The van der Waals surface area contributed by atoms with Gasteiger partial charge in [0.05, 0.1) is 11.5 Å². The number of hydrogen-bond donors (Lipinski definition) is 2. The van der Waals surface area contributed by atoms with Crippen molar-refractivity contribution in [2.24, 2.45) is 0 Å². The van der Waals surface area contributed by atoms with Crippen LogP contribution >= 0.6 is 22.9 Å². The van der Waals surface area contributed by atoms with E-state index in [1.54, 1.807) is 31.4 Å². The Kier molecular flexibility index (Phi) is 7.16. The number of aromatic nitrogens is 2. The van der Waals surface area contributed by atoms with Gasteiger partial charge in [0.2, 0.25) is 0 Å². The third-order valence-corrected chi connectivity index (χ3v) is 5.40. The molecule has 0 fully saturated rings. The molecule has 2 N–H and O–H groups in total. The van der Waals surface area contributed by atoms with Gasteiger partial charge in [0.15, 0.2) is 12.6 Å². The van der Waals surface area contributed by atoms with E-state index in [9.17, 15) is 4.79 Å². The second kappa shape index (κ2) is 9.79. The van der Waals surface area contributed by atoms with Crippen LogP contribution in [0.4, 0.5) is 5.69 Å². The lowest BCUT2D eigenvalue weighted by atomic mass is 10.2. The van der Waals surface area contributed by atoms with Gasteiger partial charge >= 0.3 is 0 Å². The number of hydrogen-bond acceptors (Lipinski definition) is 6. The molecule has 148 valence electrons. The van der Waals surface area contributed by atoms with Crippen LogP contribution in [0.25, 0.3) is 10.8 Å². The van der Waals surface area contributed by atoms with E-state index in [0.717, 1.165) is 9.78 Å². The Morgan fingerprint density at radius 1 is 1.36 bits per heavy atom. The zero-order chi connectivity index (χ0) is 19.9. The summed E-state index contributed by atoms with van der Waals surface area (Å²) < 4.78 is 11.0. The van der Waals surface area contributed by atoms with Crippen LogP contribution in [0, 0.1) is 0 Å². The number of ether oxygens (including phenoxy) is 1. The molecule has 2 aromatic heterocycles. The van der Waals surface area contributed by atoms with Gasteiger partial charge in [0, 0.05) is 17.8 Å². The van der Waals surface area contributed by atoms with Crippen molar-refractivity contribution in [1.82, 2.24) is 10.2 Å².